The molecular formula is C17H17NO4. The van der Waals surface area contributed by atoms with Gasteiger partial charge in [0, 0.05) is 0 Å². The van der Waals surface area contributed by atoms with Crippen molar-refractivity contribution in [1.29, 1.82) is 0 Å². The fourth-order valence-corrected chi connectivity index (χ4v) is 1.82. The smallest absolute Gasteiger partial charge is 0.342 e. The molecule has 2 aromatic carbocycles. The summed E-state index contributed by atoms with van der Waals surface area (Å²) in [5.41, 5.74) is 7.33. The lowest BCUT2D eigenvalue weighted by molar-refractivity contribution is -0.119. The maximum atomic E-state index is 12.1. The summed E-state index contributed by atoms with van der Waals surface area (Å²) in [5, 5.41) is 0. The summed E-state index contributed by atoms with van der Waals surface area (Å²) in [4.78, 5) is 22.9. The van der Waals surface area contributed by atoms with Crippen molar-refractivity contribution in [1.82, 2.24) is 0 Å². The van der Waals surface area contributed by atoms with Crippen LogP contribution in [0.25, 0.3) is 0 Å². The Morgan fingerprint density at radius 1 is 1.05 bits per heavy atom. The molecule has 0 unspecified atom stereocenters. The van der Waals surface area contributed by atoms with Crippen molar-refractivity contribution >= 4 is 11.9 Å². The lowest BCUT2D eigenvalue weighted by Crippen LogP contribution is -2.21. The number of rotatable bonds is 6. The van der Waals surface area contributed by atoms with Crippen LogP contribution in [0.3, 0.4) is 0 Å². The summed E-state index contributed by atoms with van der Waals surface area (Å²) in [6, 6.07) is 14.3. The van der Waals surface area contributed by atoms with E-state index in [9.17, 15) is 9.59 Å². The van der Waals surface area contributed by atoms with Crippen molar-refractivity contribution in [2.24, 2.45) is 5.73 Å². The maximum absolute atomic E-state index is 12.1. The average Bonchev–Trinajstić information content (AvgIpc) is 2.52. The molecule has 0 bridgehead atoms. The zero-order chi connectivity index (χ0) is 15.9. The molecule has 114 valence electrons. The minimum atomic E-state index is -0.608. The molecule has 2 N–H and O–H groups in total. The third-order valence-electron chi connectivity index (χ3n) is 2.97. The van der Waals surface area contributed by atoms with E-state index in [1.807, 2.05) is 31.2 Å². The van der Waals surface area contributed by atoms with Crippen LogP contribution in [0.5, 0.6) is 5.75 Å². The first-order chi connectivity index (χ1) is 10.6. The molecule has 0 aliphatic carbocycles. The number of primary amides is 1. The number of ether oxygens (including phenoxy) is 2. The predicted octanol–water partition coefficient (Wildman–Crippen LogP) is 2.22. The molecule has 0 heterocycles. The van der Waals surface area contributed by atoms with Crippen LogP contribution >= 0.6 is 0 Å². The number of carbonyl (C=O) groups excluding carboxylic acids is 2. The van der Waals surface area contributed by atoms with E-state index in [1.165, 1.54) is 0 Å². The van der Waals surface area contributed by atoms with Crippen molar-refractivity contribution < 1.29 is 19.1 Å². The van der Waals surface area contributed by atoms with Crippen molar-refractivity contribution in [3.63, 3.8) is 0 Å². The SMILES string of the molecule is Cc1ccc(COC(=O)c2ccccc2OCC(N)=O)cc1. The first kappa shape index (κ1) is 15.6. The van der Waals surface area contributed by atoms with Gasteiger partial charge >= 0.3 is 5.97 Å². The van der Waals surface area contributed by atoms with Crippen LogP contribution in [0.2, 0.25) is 0 Å². The molecule has 1 amide bonds. The van der Waals surface area contributed by atoms with Gasteiger partial charge in [-0.2, -0.15) is 0 Å². The van der Waals surface area contributed by atoms with Gasteiger partial charge in [-0.05, 0) is 24.6 Å². The highest BCUT2D eigenvalue weighted by Gasteiger charge is 2.14. The number of aryl methyl sites for hydroxylation is 1. The van der Waals surface area contributed by atoms with Gasteiger partial charge in [0.05, 0.1) is 0 Å². The molecule has 5 heteroatoms. The lowest BCUT2D eigenvalue weighted by Gasteiger charge is -2.10. The van der Waals surface area contributed by atoms with Gasteiger partial charge in [-0.3, -0.25) is 4.79 Å². The van der Waals surface area contributed by atoms with Crippen LogP contribution in [0, 0.1) is 6.92 Å². The van der Waals surface area contributed by atoms with Gasteiger partial charge < -0.3 is 15.2 Å². The van der Waals surface area contributed by atoms with E-state index < -0.39 is 11.9 Å². The van der Waals surface area contributed by atoms with E-state index in [2.05, 4.69) is 0 Å². The highest BCUT2D eigenvalue weighted by Crippen LogP contribution is 2.19. The second kappa shape index (κ2) is 7.26. The predicted molar refractivity (Wildman–Crippen MR) is 81.4 cm³/mol. The molecule has 22 heavy (non-hydrogen) atoms. The molecule has 0 saturated carbocycles. The molecule has 0 fully saturated rings. The number of amides is 1. The van der Waals surface area contributed by atoms with Gasteiger partial charge in [0.1, 0.15) is 17.9 Å². The number of hydrogen-bond acceptors (Lipinski definition) is 4. The normalized spacial score (nSPS) is 10.0. The zero-order valence-electron chi connectivity index (χ0n) is 12.2. The Labute approximate surface area is 128 Å². The van der Waals surface area contributed by atoms with Crippen molar-refractivity contribution in [3.05, 3.63) is 65.2 Å². The van der Waals surface area contributed by atoms with Crippen molar-refractivity contribution in [3.8, 4) is 5.75 Å². The Morgan fingerprint density at radius 2 is 1.73 bits per heavy atom. The number of carbonyl (C=O) groups is 2. The van der Waals surface area contributed by atoms with Crippen LogP contribution < -0.4 is 10.5 Å². The lowest BCUT2D eigenvalue weighted by atomic mass is 10.1. The summed E-state index contributed by atoms with van der Waals surface area (Å²) in [5.74, 6) is -0.848. The molecule has 0 saturated heterocycles. The van der Waals surface area contributed by atoms with Crippen LogP contribution in [0.4, 0.5) is 0 Å². The number of nitrogens with two attached hydrogens (primary N) is 1. The van der Waals surface area contributed by atoms with Gasteiger partial charge in [0.2, 0.25) is 0 Å². The molecule has 0 spiro atoms. The first-order valence-electron chi connectivity index (χ1n) is 6.79. The van der Waals surface area contributed by atoms with E-state index >= 15 is 0 Å². The molecule has 0 aliphatic rings. The van der Waals surface area contributed by atoms with Crippen LogP contribution in [-0.2, 0) is 16.1 Å². The summed E-state index contributed by atoms with van der Waals surface area (Å²) >= 11 is 0. The highest BCUT2D eigenvalue weighted by molar-refractivity contribution is 5.92. The monoisotopic (exact) mass is 299 g/mol. The van der Waals surface area contributed by atoms with E-state index in [0.29, 0.717) is 0 Å². The summed E-state index contributed by atoms with van der Waals surface area (Å²) in [6.07, 6.45) is 0. The number of esters is 1. The number of benzene rings is 2. The third-order valence-corrected chi connectivity index (χ3v) is 2.97. The largest absolute Gasteiger partial charge is 0.483 e. The second-order valence-corrected chi connectivity index (χ2v) is 4.81. The fraction of sp³-hybridized carbons (Fsp3) is 0.176. The Kier molecular flexibility index (Phi) is 5.14. The van der Waals surface area contributed by atoms with Crippen molar-refractivity contribution in [2.45, 2.75) is 13.5 Å². The van der Waals surface area contributed by atoms with Gasteiger partial charge in [-0.1, -0.05) is 42.0 Å². The minimum absolute atomic E-state index is 0.170. The van der Waals surface area contributed by atoms with Gasteiger partial charge in [-0.15, -0.1) is 0 Å². The Morgan fingerprint density at radius 3 is 2.41 bits per heavy atom. The quantitative estimate of drug-likeness (QED) is 0.829. The molecule has 0 aromatic heterocycles. The average molecular weight is 299 g/mol. The van der Waals surface area contributed by atoms with Gasteiger partial charge in [0.25, 0.3) is 5.91 Å². The second-order valence-electron chi connectivity index (χ2n) is 4.81. The molecular weight excluding hydrogens is 282 g/mol. The summed E-state index contributed by atoms with van der Waals surface area (Å²) < 4.78 is 10.5. The molecule has 0 aliphatic heterocycles. The van der Waals surface area contributed by atoms with Crippen LogP contribution in [-0.4, -0.2) is 18.5 Å². The molecule has 0 radical (unpaired) electrons. The first-order valence-corrected chi connectivity index (χ1v) is 6.79. The zero-order valence-corrected chi connectivity index (χ0v) is 12.2. The molecule has 0 atom stereocenters. The highest BCUT2D eigenvalue weighted by atomic mass is 16.5. The topological polar surface area (TPSA) is 78.6 Å². The number of hydrogen-bond donors (Lipinski definition) is 1. The standard InChI is InChI=1S/C17H17NO4/c1-12-6-8-13(9-7-12)10-22-17(20)14-4-2-3-5-15(14)21-11-16(18)19/h2-9H,10-11H2,1H3,(H2,18,19). The van der Waals surface area contributed by atoms with Crippen LogP contribution in [0.15, 0.2) is 48.5 Å². The summed E-state index contributed by atoms with van der Waals surface area (Å²) in [7, 11) is 0. The van der Waals surface area contributed by atoms with Crippen molar-refractivity contribution in [2.75, 3.05) is 6.61 Å². The number of para-hydroxylation sites is 1. The van der Waals surface area contributed by atoms with Gasteiger partial charge in [-0.25, -0.2) is 4.79 Å². The molecule has 2 rings (SSSR count). The third kappa shape index (κ3) is 4.34. The fourth-order valence-electron chi connectivity index (χ4n) is 1.82. The molecule has 2 aromatic rings. The van der Waals surface area contributed by atoms with E-state index in [0.717, 1.165) is 11.1 Å². The maximum Gasteiger partial charge on any atom is 0.342 e. The molecule has 5 nitrogen and oxygen atoms in total. The Bertz CT molecular complexity index is 665. The minimum Gasteiger partial charge on any atom is -0.483 e. The Hall–Kier alpha value is -2.82. The van der Waals surface area contributed by atoms with E-state index in [1.54, 1.807) is 24.3 Å². The van der Waals surface area contributed by atoms with Crippen LogP contribution in [0.1, 0.15) is 21.5 Å². The van der Waals surface area contributed by atoms with E-state index in [4.69, 9.17) is 15.2 Å². The van der Waals surface area contributed by atoms with Gasteiger partial charge in [0.15, 0.2) is 6.61 Å². The van der Waals surface area contributed by atoms with E-state index in [-0.39, 0.29) is 24.5 Å². The summed E-state index contributed by atoms with van der Waals surface area (Å²) in [6.45, 7) is 1.87. The Balaban J connectivity index is 2.02.